The number of anilines is 1. The second-order valence-corrected chi connectivity index (χ2v) is 6.14. The predicted octanol–water partition coefficient (Wildman–Crippen LogP) is 3.68. The Morgan fingerprint density at radius 3 is 2.79 bits per heavy atom. The van der Waals surface area contributed by atoms with Gasteiger partial charge < -0.3 is 5.73 Å². The Bertz CT molecular complexity index is 550. The van der Waals surface area contributed by atoms with Gasteiger partial charge >= 0.3 is 0 Å². The van der Waals surface area contributed by atoms with Crippen molar-refractivity contribution in [1.82, 2.24) is 9.88 Å². The predicted molar refractivity (Wildman–Crippen MR) is 83.0 cm³/mol. The van der Waals surface area contributed by atoms with Gasteiger partial charge in [-0.05, 0) is 25.2 Å². The third-order valence-corrected chi connectivity index (χ3v) is 3.75. The lowest BCUT2D eigenvalue weighted by Crippen LogP contribution is -2.17. The number of halogens is 3. The molecule has 0 aliphatic rings. The maximum atomic E-state index is 13.6. The third-order valence-electron chi connectivity index (χ3n) is 2.45. The van der Waals surface area contributed by atoms with E-state index in [1.165, 1.54) is 17.4 Å². The Labute approximate surface area is 130 Å². The molecule has 1 heterocycles. The molecule has 0 aliphatic carbocycles. The molecule has 0 unspecified atom stereocenters. The van der Waals surface area contributed by atoms with Crippen LogP contribution in [0.15, 0.2) is 28.9 Å². The van der Waals surface area contributed by atoms with E-state index in [2.05, 4.69) is 20.9 Å². The zero-order valence-corrected chi connectivity index (χ0v) is 13.5. The van der Waals surface area contributed by atoms with E-state index < -0.39 is 0 Å². The van der Waals surface area contributed by atoms with Gasteiger partial charge in [0, 0.05) is 34.2 Å². The van der Waals surface area contributed by atoms with Gasteiger partial charge in [0.15, 0.2) is 5.13 Å². The fourth-order valence-electron chi connectivity index (χ4n) is 1.67. The van der Waals surface area contributed by atoms with Crippen LogP contribution in [0.4, 0.5) is 9.52 Å². The van der Waals surface area contributed by atoms with Crippen molar-refractivity contribution < 1.29 is 4.39 Å². The molecule has 2 aromatic rings. The molecule has 104 valence electrons. The van der Waals surface area contributed by atoms with Crippen LogP contribution in [0.25, 0.3) is 0 Å². The number of hydrogen-bond acceptors (Lipinski definition) is 4. The minimum atomic E-state index is -0.186. The summed E-state index contributed by atoms with van der Waals surface area (Å²) >= 11 is 4.80. The first-order valence-corrected chi connectivity index (χ1v) is 6.98. The lowest BCUT2D eigenvalue weighted by atomic mass is 10.2. The van der Waals surface area contributed by atoms with Gasteiger partial charge in [-0.15, -0.1) is 23.7 Å². The zero-order chi connectivity index (χ0) is 13.1. The smallest absolute Gasteiger partial charge is 0.180 e. The van der Waals surface area contributed by atoms with Crippen LogP contribution < -0.4 is 5.73 Å². The fourth-order valence-corrected chi connectivity index (χ4v) is 2.85. The van der Waals surface area contributed by atoms with E-state index in [0.717, 1.165) is 9.35 Å². The molecular formula is C12H14BrClFN3S. The van der Waals surface area contributed by atoms with Gasteiger partial charge in [-0.1, -0.05) is 15.9 Å². The topological polar surface area (TPSA) is 42.2 Å². The summed E-state index contributed by atoms with van der Waals surface area (Å²) in [4.78, 5) is 7.10. The van der Waals surface area contributed by atoms with E-state index in [1.807, 2.05) is 11.9 Å². The van der Waals surface area contributed by atoms with Crippen molar-refractivity contribution in [3.8, 4) is 0 Å². The second kappa shape index (κ2) is 7.19. The van der Waals surface area contributed by atoms with Gasteiger partial charge in [0.1, 0.15) is 5.82 Å². The van der Waals surface area contributed by atoms with Crippen LogP contribution in [0, 0.1) is 5.82 Å². The number of nitrogens with zero attached hydrogens (tertiary/aromatic N) is 2. The molecule has 7 heteroatoms. The molecule has 0 radical (unpaired) electrons. The van der Waals surface area contributed by atoms with E-state index in [9.17, 15) is 4.39 Å². The quantitative estimate of drug-likeness (QED) is 0.897. The summed E-state index contributed by atoms with van der Waals surface area (Å²) in [5, 5.41) is 0.562. The van der Waals surface area contributed by atoms with Crippen molar-refractivity contribution in [2.24, 2.45) is 0 Å². The lowest BCUT2D eigenvalue weighted by molar-refractivity contribution is 0.316. The summed E-state index contributed by atoms with van der Waals surface area (Å²) in [5.41, 5.74) is 6.24. The molecule has 1 aromatic heterocycles. The largest absolute Gasteiger partial charge is 0.375 e. The monoisotopic (exact) mass is 365 g/mol. The molecule has 0 saturated carbocycles. The Kier molecular flexibility index (Phi) is 6.19. The number of thiazole rings is 1. The van der Waals surface area contributed by atoms with Crippen LogP contribution in [0.1, 0.15) is 10.4 Å². The minimum absolute atomic E-state index is 0. The average molecular weight is 367 g/mol. The Morgan fingerprint density at radius 2 is 2.16 bits per heavy atom. The molecule has 0 bridgehead atoms. The molecular weight excluding hydrogens is 353 g/mol. The van der Waals surface area contributed by atoms with Crippen LogP contribution in [0.5, 0.6) is 0 Å². The minimum Gasteiger partial charge on any atom is -0.375 e. The Hall–Kier alpha value is -0.690. The Morgan fingerprint density at radius 1 is 1.42 bits per heavy atom. The van der Waals surface area contributed by atoms with Crippen LogP contribution in [-0.4, -0.2) is 16.9 Å². The molecule has 0 fully saturated rings. The van der Waals surface area contributed by atoms with Crippen molar-refractivity contribution in [3.05, 3.63) is 45.1 Å². The lowest BCUT2D eigenvalue weighted by Gasteiger charge is -2.16. The van der Waals surface area contributed by atoms with Gasteiger partial charge in [-0.2, -0.15) is 0 Å². The molecule has 2 N–H and O–H groups in total. The van der Waals surface area contributed by atoms with Crippen molar-refractivity contribution >= 4 is 44.8 Å². The van der Waals surface area contributed by atoms with Crippen molar-refractivity contribution in [2.45, 2.75) is 13.1 Å². The maximum Gasteiger partial charge on any atom is 0.180 e. The standard InChI is InChI=1S/C12H13BrFN3S.ClH/c1-17(7-10-5-16-12(15)18-10)6-8-4-9(13)2-3-11(8)14;/h2-5H,6-7H2,1H3,(H2,15,16);1H. The summed E-state index contributed by atoms with van der Waals surface area (Å²) < 4.78 is 14.5. The third kappa shape index (κ3) is 4.72. The molecule has 0 spiro atoms. The summed E-state index contributed by atoms with van der Waals surface area (Å²) in [5.74, 6) is -0.186. The van der Waals surface area contributed by atoms with Crippen LogP contribution in [0.2, 0.25) is 0 Å². The van der Waals surface area contributed by atoms with Crippen LogP contribution >= 0.6 is 39.7 Å². The fraction of sp³-hybridized carbons (Fsp3) is 0.250. The van der Waals surface area contributed by atoms with Crippen molar-refractivity contribution in [3.63, 3.8) is 0 Å². The first-order valence-electron chi connectivity index (χ1n) is 5.37. The van der Waals surface area contributed by atoms with E-state index in [1.54, 1.807) is 18.3 Å². The number of hydrogen-bond donors (Lipinski definition) is 1. The zero-order valence-electron chi connectivity index (χ0n) is 10.3. The van der Waals surface area contributed by atoms with Gasteiger partial charge in [-0.25, -0.2) is 9.37 Å². The first kappa shape index (κ1) is 16.4. The molecule has 19 heavy (non-hydrogen) atoms. The molecule has 1 aromatic carbocycles. The van der Waals surface area contributed by atoms with Crippen molar-refractivity contribution in [1.29, 1.82) is 0 Å². The van der Waals surface area contributed by atoms with Gasteiger partial charge in [0.25, 0.3) is 0 Å². The van der Waals surface area contributed by atoms with E-state index in [0.29, 0.717) is 23.8 Å². The highest BCUT2D eigenvalue weighted by Crippen LogP contribution is 2.19. The highest BCUT2D eigenvalue weighted by Gasteiger charge is 2.08. The number of benzene rings is 1. The first-order chi connectivity index (χ1) is 8.54. The summed E-state index contributed by atoms with van der Waals surface area (Å²) in [6, 6.07) is 4.97. The molecule has 0 atom stereocenters. The molecule has 0 aliphatic heterocycles. The number of rotatable bonds is 4. The number of aromatic nitrogens is 1. The molecule has 0 amide bonds. The highest BCUT2D eigenvalue weighted by atomic mass is 79.9. The molecule has 0 saturated heterocycles. The van der Waals surface area contributed by atoms with Crippen LogP contribution in [-0.2, 0) is 13.1 Å². The van der Waals surface area contributed by atoms with Crippen LogP contribution in [0.3, 0.4) is 0 Å². The Balaban J connectivity index is 0.00000180. The SMILES string of the molecule is CN(Cc1cnc(N)s1)Cc1cc(Br)ccc1F.Cl. The van der Waals surface area contributed by atoms with Crippen molar-refractivity contribution in [2.75, 3.05) is 12.8 Å². The van der Waals surface area contributed by atoms with Gasteiger partial charge in [0.05, 0.1) is 0 Å². The maximum absolute atomic E-state index is 13.6. The average Bonchev–Trinajstić information content (AvgIpc) is 2.69. The number of nitrogen functional groups attached to an aromatic ring is 1. The van der Waals surface area contributed by atoms with E-state index in [-0.39, 0.29) is 18.2 Å². The summed E-state index contributed by atoms with van der Waals surface area (Å²) in [7, 11) is 1.94. The normalized spacial score (nSPS) is 10.5. The van der Waals surface area contributed by atoms with Gasteiger partial charge in [-0.3, -0.25) is 4.90 Å². The second-order valence-electron chi connectivity index (χ2n) is 4.07. The summed E-state index contributed by atoms with van der Waals surface area (Å²) in [6.07, 6.45) is 1.76. The van der Waals surface area contributed by atoms with Gasteiger partial charge in [0.2, 0.25) is 0 Å². The number of nitrogens with two attached hydrogens (primary N) is 1. The summed E-state index contributed by atoms with van der Waals surface area (Å²) in [6.45, 7) is 1.25. The van der Waals surface area contributed by atoms with E-state index in [4.69, 9.17) is 5.73 Å². The molecule has 3 nitrogen and oxygen atoms in total. The molecule has 2 rings (SSSR count). The highest BCUT2D eigenvalue weighted by molar-refractivity contribution is 9.10. The van der Waals surface area contributed by atoms with E-state index >= 15 is 0 Å².